The molecule has 0 fully saturated rings. The lowest BCUT2D eigenvalue weighted by Crippen LogP contribution is -2.36. The van der Waals surface area contributed by atoms with Gasteiger partial charge in [-0.1, -0.05) is 17.3 Å². The number of fused-ring (bicyclic) bond motifs is 1. The number of Topliss-reactive ketones (excluding diaryl/α,β-unsaturated/α-hetero) is 1. The van der Waals surface area contributed by atoms with Gasteiger partial charge in [-0.15, -0.1) is 0 Å². The first-order valence-corrected chi connectivity index (χ1v) is 8.07. The number of carboxylic acid groups (broad SMARTS) is 1. The zero-order chi connectivity index (χ0) is 19.6. The van der Waals surface area contributed by atoms with Crippen molar-refractivity contribution < 1.29 is 29.6 Å². The normalized spacial score (nSPS) is 16.4. The van der Waals surface area contributed by atoms with Crippen molar-refractivity contribution >= 4 is 30.4 Å². The quantitative estimate of drug-likeness (QED) is 0.263. The lowest BCUT2D eigenvalue weighted by molar-refractivity contribution is -0.113. The zero-order valence-corrected chi connectivity index (χ0v) is 14.1. The minimum Gasteiger partial charge on any atom is -0.535 e. The van der Waals surface area contributed by atoms with Gasteiger partial charge in [0, 0.05) is 24.0 Å². The molecule has 1 aromatic heterocycles. The van der Waals surface area contributed by atoms with Crippen LogP contribution < -0.4 is 10.4 Å². The number of anilines is 1. The number of aromatic nitrogens is 1. The van der Waals surface area contributed by atoms with Gasteiger partial charge >= 0.3 is 13.1 Å². The van der Waals surface area contributed by atoms with Crippen molar-refractivity contribution in [2.75, 3.05) is 5.73 Å². The van der Waals surface area contributed by atoms with Crippen molar-refractivity contribution in [3.8, 4) is 5.75 Å². The van der Waals surface area contributed by atoms with Gasteiger partial charge in [0.05, 0.1) is 5.56 Å². The molecule has 27 heavy (non-hydrogen) atoms. The summed E-state index contributed by atoms with van der Waals surface area (Å²) in [4.78, 5) is 27.7. The third-order valence-electron chi connectivity index (χ3n) is 4.32. The molecule has 1 aliphatic rings. The molecule has 0 amide bonds. The summed E-state index contributed by atoms with van der Waals surface area (Å²) in [5, 5.41) is 31.8. The highest BCUT2D eigenvalue weighted by Gasteiger charge is 2.38. The van der Waals surface area contributed by atoms with Crippen molar-refractivity contribution in [3.63, 3.8) is 0 Å². The molecule has 10 heteroatoms. The number of pyridine rings is 1. The number of para-hydroxylation sites is 1. The number of carbonyl (C=O) groups is 2. The van der Waals surface area contributed by atoms with Crippen molar-refractivity contribution in [3.05, 3.63) is 53.2 Å². The van der Waals surface area contributed by atoms with Crippen LogP contribution in [-0.4, -0.2) is 44.9 Å². The SMILES string of the molecule is Nc1cc(/C(=N/O)C(=O)C[C@H]2Cc3cccc(C(=O)O)c3OB2O)ccn1. The van der Waals surface area contributed by atoms with Gasteiger partial charge in [0.2, 0.25) is 0 Å². The summed E-state index contributed by atoms with van der Waals surface area (Å²) in [6.45, 7) is 0. The van der Waals surface area contributed by atoms with Crippen LogP contribution in [0.15, 0.2) is 41.7 Å². The minimum atomic E-state index is -1.37. The lowest BCUT2D eigenvalue weighted by atomic mass is 9.64. The molecule has 0 spiro atoms. The van der Waals surface area contributed by atoms with Crippen LogP contribution in [0, 0.1) is 0 Å². The topological polar surface area (TPSA) is 155 Å². The molecule has 5 N–H and O–H groups in total. The van der Waals surface area contributed by atoms with Gasteiger partial charge in [-0.25, -0.2) is 9.78 Å². The van der Waals surface area contributed by atoms with E-state index in [2.05, 4.69) is 10.1 Å². The molecule has 3 rings (SSSR count). The van der Waals surface area contributed by atoms with Crippen LogP contribution in [0.5, 0.6) is 5.75 Å². The van der Waals surface area contributed by atoms with Crippen LogP contribution in [0.3, 0.4) is 0 Å². The smallest absolute Gasteiger partial charge is 0.526 e. The van der Waals surface area contributed by atoms with Crippen LogP contribution in [0.2, 0.25) is 5.82 Å². The minimum absolute atomic E-state index is 0.0544. The van der Waals surface area contributed by atoms with Gasteiger partial charge in [0.1, 0.15) is 11.6 Å². The number of aromatic carboxylic acids is 1. The van der Waals surface area contributed by atoms with Crippen molar-refractivity contribution in [2.24, 2.45) is 5.16 Å². The second-order valence-electron chi connectivity index (χ2n) is 6.12. The fraction of sp³-hybridized carbons (Fsp3) is 0.176. The number of nitrogens with two attached hydrogens (primary N) is 1. The Bertz CT molecular complexity index is 933. The molecule has 138 valence electrons. The molecule has 0 saturated carbocycles. The Labute approximate surface area is 154 Å². The van der Waals surface area contributed by atoms with Crippen LogP contribution in [0.4, 0.5) is 5.82 Å². The fourth-order valence-corrected chi connectivity index (χ4v) is 3.03. The highest BCUT2D eigenvalue weighted by molar-refractivity contribution is 6.51. The van der Waals surface area contributed by atoms with E-state index in [-0.39, 0.29) is 35.7 Å². The average Bonchev–Trinajstić information content (AvgIpc) is 2.62. The van der Waals surface area contributed by atoms with E-state index in [1.54, 1.807) is 12.1 Å². The van der Waals surface area contributed by atoms with E-state index >= 15 is 0 Å². The summed E-state index contributed by atoms with van der Waals surface area (Å²) in [5.74, 6) is -2.06. The second-order valence-corrected chi connectivity index (χ2v) is 6.12. The largest absolute Gasteiger partial charge is 0.535 e. The van der Waals surface area contributed by atoms with Gasteiger partial charge in [-0.2, -0.15) is 0 Å². The Hall–Kier alpha value is -3.40. The molecule has 0 saturated heterocycles. The number of oxime groups is 1. The van der Waals surface area contributed by atoms with E-state index in [1.807, 2.05) is 0 Å². The summed E-state index contributed by atoms with van der Waals surface area (Å²) in [5.41, 5.74) is 6.20. The highest BCUT2D eigenvalue weighted by atomic mass is 16.5. The predicted octanol–water partition coefficient (Wildman–Crippen LogP) is 0.985. The van der Waals surface area contributed by atoms with Crippen LogP contribution in [-0.2, 0) is 11.2 Å². The Morgan fingerprint density at radius 3 is 2.81 bits per heavy atom. The first kappa shape index (κ1) is 18.4. The molecular formula is C17H16BN3O6. The standard InChI is InChI=1S/C17H16BN3O6/c19-14-7-9(4-5-20-14)15(21-26)13(22)8-11-6-10-2-1-3-12(17(23)24)16(10)27-18(11)25/h1-5,7,11,25-26H,6,8H2,(H2,19,20)(H,23,24)/b21-15-/t11-/m1/s1. The first-order valence-electron chi connectivity index (χ1n) is 8.07. The van der Waals surface area contributed by atoms with Gasteiger partial charge in [0.25, 0.3) is 0 Å². The summed E-state index contributed by atoms with van der Waals surface area (Å²) in [6.07, 6.45) is 1.45. The predicted molar refractivity (Wildman–Crippen MR) is 96.1 cm³/mol. The molecule has 0 radical (unpaired) electrons. The van der Waals surface area contributed by atoms with Crippen LogP contribution >= 0.6 is 0 Å². The Morgan fingerprint density at radius 2 is 2.15 bits per heavy atom. The number of nitrogens with zero attached hydrogens (tertiary/aromatic N) is 2. The molecule has 1 aromatic carbocycles. The number of nitrogen functional groups attached to an aromatic ring is 1. The van der Waals surface area contributed by atoms with E-state index < -0.39 is 24.7 Å². The average molecular weight is 369 g/mol. The van der Waals surface area contributed by atoms with Crippen LogP contribution in [0.1, 0.15) is 27.9 Å². The van der Waals surface area contributed by atoms with E-state index in [0.717, 1.165) is 0 Å². The number of rotatable bonds is 5. The third-order valence-corrected chi connectivity index (χ3v) is 4.32. The van der Waals surface area contributed by atoms with Gasteiger partial charge in [0.15, 0.2) is 11.5 Å². The summed E-state index contributed by atoms with van der Waals surface area (Å²) in [6, 6.07) is 7.50. The van der Waals surface area contributed by atoms with Gasteiger partial charge < -0.3 is 25.7 Å². The second kappa shape index (κ2) is 7.46. The molecule has 2 heterocycles. The molecular weight excluding hydrogens is 353 g/mol. The number of hydrogen-bond donors (Lipinski definition) is 4. The zero-order valence-electron chi connectivity index (χ0n) is 14.1. The van der Waals surface area contributed by atoms with E-state index in [1.165, 1.54) is 24.4 Å². The molecule has 9 nitrogen and oxygen atoms in total. The Morgan fingerprint density at radius 1 is 1.37 bits per heavy atom. The maximum atomic E-state index is 12.6. The molecule has 1 aliphatic heterocycles. The molecule has 0 aliphatic carbocycles. The Balaban J connectivity index is 1.81. The van der Waals surface area contributed by atoms with E-state index in [0.29, 0.717) is 11.1 Å². The number of carboxylic acids is 1. The van der Waals surface area contributed by atoms with Crippen molar-refractivity contribution in [1.29, 1.82) is 0 Å². The van der Waals surface area contributed by atoms with Gasteiger partial charge in [-0.3, -0.25) is 4.79 Å². The number of carbonyl (C=O) groups excluding carboxylic acids is 1. The van der Waals surface area contributed by atoms with E-state index in [4.69, 9.17) is 10.4 Å². The Kier molecular flexibility index (Phi) is 5.08. The van der Waals surface area contributed by atoms with Crippen molar-refractivity contribution in [2.45, 2.75) is 18.7 Å². The number of hydrogen-bond acceptors (Lipinski definition) is 8. The summed E-state index contributed by atoms with van der Waals surface area (Å²) >= 11 is 0. The van der Waals surface area contributed by atoms with E-state index in [9.17, 15) is 24.9 Å². The summed E-state index contributed by atoms with van der Waals surface area (Å²) in [7, 11) is -1.37. The van der Waals surface area contributed by atoms with Gasteiger partial charge in [-0.05, 0) is 30.2 Å². The molecule has 2 aromatic rings. The number of benzene rings is 1. The third kappa shape index (κ3) is 3.75. The summed E-state index contributed by atoms with van der Waals surface area (Å²) < 4.78 is 5.37. The van der Waals surface area contributed by atoms with Crippen LogP contribution in [0.25, 0.3) is 0 Å². The monoisotopic (exact) mass is 369 g/mol. The number of ketones is 1. The fourth-order valence-electron chi connectivity index (χ4n) is 3.03. The maximum absolute atomic E-state index is 12.6. The lowest BCUT2D eigenvalue weighted by Gasteiger charge is -2.28. The first-order chi connectivity index (χ1) is 12.9. The molecule has 0 bridgehead atoms. The maximum Gasteiger partial charge on any atom is 0.526 e. The highest BCUT2D eigenvalue weighted by Crippen LogP contribution is 2.36. The van der Waals surface area contributed by atoms with Crippen molar-refractivity contribution in [1.82, 2.24) is 4.98 Å². The molecule has 1 atom stereocenters. The molecule has 0 unspecified atom stereocenters.